The number of carbonyl (C=O) groups is 1. The van der Waals surface area contributed by atoms with Crippen LogP contribution in [-0.2, 0) is 4.74 Å². The average molecular weight is 221 g/mol. The summed E-state index contributed by atoms with van der Waals surface area (Å²) >= 11 is 1.37. The summed E-state index contributed by atoms with van der Waals surface area (Å²) in [6, 6.07) is 7.68. The highest BCUT2D eigenvalue weighted by Gasteiger charge is 2.12. The van der Waals surface area contributed by atoms with Crippen LogP contribution < -0.4 is 0 Å². The molecule has 0 saturated carbocycles. The molecule has 0 aliphatic rings. The number of thiazole rings is 1. The molecule has 0 saturated heterocycles. The van der Waals surface area contributed by atoms with Gasteiger partial charge in [0.15, 0.2) is 0 Å². The Bertz CT molecular complexity index is 445. The molecule has 15 heavy (non-hydrogen) atoms. The number of ether oxygens (including phenoxy) is 1. The van der Waals surface area contributed by atoms with E-state index < -0.39 is 0 Å². The van der Waals surface area contributed by atoms with Crippen molar-refractivity contribution in [1.82, 2.24) is 4.98 Å². The SMILES string of the molecule is CCCOC(=O)c1nc2ccccc2s1. The van der Waals surface area contributed by atoms with Crippen molar-refractivity contribution in [2.24, 2.45) is 0 Å². The van der Waals surface area contributed by atoms with Crippen LogP contribution in [-0.4, -0.2) is 17.6 Å². The summed E-state index contributed by atoms with van der Waals surface area (Å²) in [5, 5.41) is 0.435. The monoisotopic (exact) mass is 221 g/mol. The van der Waals surface area contributed by atoms with Gasteiger partial charge >= 0.3 is 5.97 Å². The lowest BCUT2D eigenvalue weighted by molar-refractivity contribution is 0.0505. The molecule has 0 fully saturated rings. The number of hydrogen-bond acceptors (Lipinski definition) is 4. The third-order valence-corrected chi connectivity index (χ3v) is 2.92. The summed E-state index contributed by atoms with van der Waals surface area (Å²) in [6.07, 6.45) is 0.830. The second-order valence-corrected chi connectivity index (χ2v) is 4.15. The maximum atomic E-state index is 11.5. The molecule has 2 aromatic rings. The summed E-state index contributed by atoms with van der Waals surface area (Å²) < 4.78 is 6.03. The first-order valence-electron chi connectivity index (χ1n) is 4.84. The van der Waals surface area contributed by atoms with Crippen LogP contribution >= 0.6 is 11.3 Å². The first kappa shape index (κ1) is 10.1. The molecular formula is C11H11NO2S. The largest absolute Gasteiger partial charge is 0.460 e. The zero-order valence-electron chi connectivity index (χ0n) is 8.40. The molecule has 0 unspecified atom stereocenters. The topological polar surface area (TPSA) is 39.2 Å². The zero-order valence-corrected chi connectivity index (χ0v) is 9.21. The second-order valence-electron chi connectivity index (χ2n) is 3.12. The van der Waals surface area contributed by atoms with Crippen LogP contribution in [0.15, 0.2) is 24.3 Å². The number of rotatable bonds is 3. The van der Waals surface area contributed by atoms with Gasteiger partial charge in [-0.05, 0) is 18.6 Å². The van der Waals surface area contributed by atoms with E-state index in [2.05, 4.69) is 4.98 Å². The fourth-order valence-electron chi connectivity index (χ4n) is 1.22. The van der Waals surface area contributed by atoms with Gasteiger partial charge in [0.05, 0.1) is 16.8 Å². The lowest BCUT2D eigenvalue weighted by Crippen LogP contribution is -2.04. The fraction of sp³-hybridized carbons (Fsp3) is 0.273. The van der Waals surface area contributed by atoms with Crippen molar-refractivity contribution in [3.8, 4) is 0 Å². The Hall–Kier alpha value is -1.42. The number of aromatic nitrogens is 1. The molecule has 2 rings (SSSR count). The maximum Gasteiger partial charge on any atom is 0.367 e. The number of para-hydroxylation sites is 1. The molecule has 4 heteroatoms. The lowest BCUT2D eigenvalue weighted by Gasteiger charge is -1.97. The van der Waals surface area contributed by atoms with Crippen molar-refractivity contribution in [2.45, 2.75) is 13.3 Å². The fourth-order valence-corrected chi connectivity index (χ4v) is 2.08. The Morgan fingerprint density at radius 1 is 1.47 bits per heavy atom. The second kappa shape index (κ2) is 4.40. The van der Waals surface area contributed by atoms with Crippen molar-refractivity contribution in [3.63, 3.8) is 0 Å². The summed E-state index contributed by atoms with van der Waals surface area (Å²) in [4.78, 5) is 15.7. The van der Waals surface area contributed by atoms with E-state index in [0.717, 1.165) is 16.6 Å². The van der Waals surface area contributed by atoms with Crippen molar-refractivity contribution >= 4 is 27.5 Å². The molecule has 0 atom stereocenters. The van der Waals surface area contributed by atoms with Crippen LogP contribution in [0.2, 0.25) is 0 Å². The van der Waals surface area contributed by atoms with Gasteiger partial charge in [-0.3, -0.25) is 0 Å². The minimum atomic E-state index is -0.321. The van der Waals surface area contributed by atoms with Crippen molar-refractivity contribution < 1.29 is 9.53 Å². The molecule has 0 aliphatic heterocycles. The van der Waals surface area contributed by atoms with E-state index in [1.165, 1.54) is 11.3 Å². The Labute approximate surface area is 91.7 Å². The van der Waals surface area contributed by atoms with Gasteiger partial charge < -0.3 is 4.74 Å². The van der Waals surface area contributed by atoms with E-state index in [1.807, 2.05) is 31.2 Å². The molecular weight excluding hydrogens is 210 g/mol. The molecule has 0 N–H and O–H groups in total. The number of nitrogens with zero attached hydrogens (tertiary/aromatic N) is 1. The number of fused-ring (bicyclic) bond motifs is 1. The van der Waals surface area contributed by atoms with Gasteiger partial charge in [0, 0.05) is 0 Å². The molecule has 0 spiro atoms. The van der Waals surface area contributed by atoms with Crippen molar-refractivity contribution in [3.05, 3.63) is 29.3 Å². The number of hydrogen-bond donors (Lipinski definition) is 0. The molecule has 0 amide bonds. The van der Waals surface area contributed by atoms with Crippen LogP contribution in [0.3, 0.4) is 0 Å². The maximum absolute atomic E-state index is 11.5. The van der Waals surface area contributed by atoms with E-state index in [9.17, 15) is 4.79 Å². The van der Waals surface area contributed by atoms with Gasteiger partial charge in [-0.15, -0.1) is 11.3 Å². The smallest absolute Gasteiger partial charge is 0.367 e. The molecule has 78 valence electrons. The first-order chi connectivity index (χ1) is 7.31. The Morgan fingerprint density at radius 3 is 3.00 bits per heavy atom. The molecule has 0 aliphatic carbocycles. The van der Waals surface area contributed by atoms with E-state index in [-0.39, 0.29) is 5.97 Å². The van der Waals surface area contributed by atoms with E-state index in [1.54, 1.807) is 0 Å². The number of esters is 1. The van der Waals surface area contributed by atoms with Gasteiger partial charge in [-0.25, -0.2) is 9.78 Å². The van der Waals surface area contributed by atoms with Crippen LogP contribution in [0.5, 0.6) is 0 Å². The number of carbonyl (C=O) groups excluding carboxylic acids is 1. The normalized spacial score (nSPS) is 10.5. The molecule has 3 nitrogen and oxygen atoms in total. The van der Waals surface area contributed by atoms with E-state index in [4.69, 9.17) is 4.74 Å². The van der Waals surface area contributed by atoms with E-state index >= 15 is 0 Å². The highest BCUT2D eigenvalue weighted by Crippen LogP contribution is 2.21. The quantitative estimate of drug-likeness (QED) is 0.748. The Balaban J connectivity index is 2.25. The standard InChI is InChI=1S/C11H11NO2S/c1-2-7-14-11(13)10-12-8-5-3-4-6-9(8)15-10/h3-6H,2,7H2,1H3. The average Bonchev–Trinajstić information content (AvgIpc) is 2.69. The van der Waals surface area contributed by atoms with Gasteiger partial charge in [0.2, 0.25) is 5.01 Å². The van der Waals surface area contributed by atoms with Crippen LogP contribution in [0.1, 0.15) is 23.1 Å². The van der Waals surface area contributed by atoms with Gasteiger partial charge in [-0.1, -0.05) is 19.1 Å². The highest BCUT2D eigenvalue weighted by atomic mass is 32.1. The van der Waals surface area contributed by atoms with Crippen molar-refractivity contribution in [2.75, 3.05) is 6.61 Å². The highest BCUT2D eigenvalue weighted by molar-refractivity contribution is 7.20. The summed E-state index contributed by atoms with van der Waals surface area (Å²) in [6.45, 7) is 2.42. The summed E-state index contributed by atoms with van der Waals surface area (Å²) in [5.74, 6) is -0.321. The van der Waals surface area contributed by atoms with Gasteiger partial charge in [-0.2, -0.15) is 0 Å². The van der Waals surface area contributed by atoms with Crippen LogP contribution in [0.25, 0.3) is 10.2 Å². The Kier molecular flexibility index (Phi) is 2.97. The zero-order chi connectivity index (χ0) is 10.7. The predicted octanol–water partition coefficient (Wildman–Crippen LogP) is 2.86. The summed E-state index contributed by atoms with van der Waals surface area (Å²) in [5.41, 5.74) is 0.853. The molecule has 1 aromatic carbocycles. The van der Waals surface area contributed by atoms with Crippen LogP contribution in [0.4, 0.5) is 0 Å². The molecule has 0 bridgehead atoms. The van der Waals surface area contributed by atoms with Crippen molar-refractivity contribution in [1.29, 1.82) is 0 Å². The van der Waals surface area contributed by atoms with Crippen LogP contribution in [0, 0.1) is 0 Å². The van der Waals surface area contributed by atoms with Gasteiger partial charge in [0.25, 0.3) is 0 Å². The minimum absolute atomic E-state index is 0.321. The van der Waals surface area contributed by atoms with Gasteiger partial charge in [0.1, 0.15) is 0 Å². The van der Waals surface area contributed by atoms with E-state index in [0.29, 0.717) is 11.6 Å². The molecule has 0 radical (unpaired) electrons. The third kappa shape index (κ3) is 2.15. The molecule has 1 heterocycles. The lowest BCUT2D eigenvalue weighted by atomic mass is 10.3. The molecule has 1 aromatic heterocycles. The number of benzene rings is 1. The predicted molar refractivity (Wildman–Crippen MR) is 60.2 cm³/mol. The Morgan fingerprint density at radius 2 is 2.27 bits per heavy atom. The summed E-state index contributed by atoms with van der Waals surface area (Å²) in [7, 11) is 0. The third-order valence-electron chi connectivity index (χ3n) is 1.91. The first-order valence-corrected chi connectivity index (χ1v) is 5.65. The minimum Gasteiger partial charge on any atom is -0.460 e.